The summed E-state index contributed by atoms with van der Waals surface area (Å²) in [6.45, 7) is 28.6. The molecule has 12 atom stereocenters. The van der Waals surface area contributed by atoms with Crippen LogP contribution in [0.1, 0.15) is 109 Å². The minimum atomic E-state index is -0.627. The third kappa shape index (κ3) is 5.29. The third-order valence-electron chi connectivity index (χ3n) is 13.3. The molecular weight excluding hydrogens is 548 g/mol. The summed E-state index contributed by atoms with van der Waals surface area (Å²) in [5.41, 5.74) is 0.0927. The maximum Gasteiger partial charge on any atom is 0.0947 e. The van der Waals surface area contributed by atoms with E-state index in [4.69, 9.17) is 18.9 Å². The van der Waals surface area contributed by atoms with Crippen LogP contribution in [0.3, 0.4) is 0 Å². The van der Waals surface area contributed by atoms with Crippen LogP contribution in [-0.2, 0) is 18.9 Å². The van der Waals surface area contributed by atoms with Gasteiger partial charge in [-0.15, -0.1) is 0 Å². The van der Waals surface area contributed by atoms with Crippen molar-refractivity contribution in [2.75, 3.05) is 13.2 Å². The summed E-state index contributed by atoms with van der Waals surface area (Å²) in [5.74, 6) is -0.444. The van der Waals surface area contributed by atoms with Crippen LogP contribution in [0.15, 0.2) is 12.2 Å². The molecule has 0 aromatic heterocycles. The lowest BCUT2D eigenvalue weighted by atomic mass is 9.69. The minimum Gasteiger partial charge on any atom is -0.375 e. The first-order valence-electron chi connectivity index (χ1n) is 17.2. The molecule has 0 aromatic rings. The van der Waals surface area contributed by atoms with E-state index in [1.165, 1.54) is 0 Å². The van der Waals surface area contributed by atoms with E-state index in [1.54, 1.807) is 0 Å². The van der Waals surface area contributed by atoms with E-state index in [0.29, 0.717) is 25.0 Å². The average Bonchev–Trinajstić information content (AvgIpc) is 3.41. The largest absolute Gasteiger partial charge is 0.375 e. The molecule has 4 saturated carbocycles. The molecule has 0 aromatic carbocycles. The Balaban J connectivity index is 1.40. The lowest BCUT2D eigenvalue weighted by Crippen LogP contribution is -2.50. The zero-order valence-electron chi connectivity index (χ0n) is 29.7. The first-order valence-corrected chi connectivity index (χ1v) is 17.2. The Labute approximate surface area is 268 Å². The molecule has 5 aliphatic carbocycles. The van der Waals surface area contributed by atoms with E-state index in [-0.39, 0.29) is 56.9 Å². The minimum absolute atomic E-state index is 0.0258. The van der Waals surface area contributed by atoms with Crippen molar-refractivity contribution in [1.29, 1.82) is 10.5 Å². The molecule has 0 radical (unpaired) electrons. The fourth-order valence-electron chi connectivity index (χ4n) is 9.77. The monoisotopic (exact) mass is 608 g/mol. The molecule has 4 fully saturated rings. The zero-order chi connectivity index (χ0) is 32.7. The molecule has 4 bridgehead atoms. The fraction of sp³-hybridized carbons (Fsp3) is 0.895. The van der Waals surface area contributed by atoms with Crippen molar-refractivity contribution in [2.24, 2.45) is 56.2 Å². The smallest absolute Gasteiger partial charge is 0.0947 e. The van der Waals surface area contributed by atoms with Gasteiger partial charge >= 0.3 is 0 Å². The van der Waals surface area contributed by atoms with Gasteiger partial charge in [-0.3, -0.25) is 0 Å². The van der Waals surface area contributed by atoms with E-state index in [2.05, 4.69) is 95.2 Å². The van der Waals surface area contributed by atoms with Crippen LogP contribution in [0.5, 0.6) is 0 Å². The molecule has 0 saturated heterocycles. The molecule has 5 aliphatic rings. The van der Waals surface area contributed by atoms with E-state index in [1.807, 2.05) is 12.2 Å². The highest BCUT2D eigenvalue weighted by Gasteiger charge is 2.69. The quantitative estimate of drug-likeness (QED) is 0.259. The summed E-state index contributed by atoms with van der Waals surface area (Å²) in [7, 11) is 0. The zero-order valence-corrected chi connectivity index (χ0v) is 29.7. The highest BCUT2D eigenvalue weighted by molar-refractivity contribution is 5.23. The van der Waals surface area contributed by atoms with Crippen LogP contribution in [-0.4, -0.2) is 49.8 Å². The molecule has 0 amide bonds. The topological polar surface area (TPSA) is 84.5 Å². The van der Waals surface area contributed by atoms with Crippen LogP contribution < -0.4 is 0 Å². The Morgan fingerprint density at radius 3 is 1.27 bits per heavy atom. The Kier molecular flexibility index (Phi) is 8.54. The van der Waals surface area contributed by atoms with Crippen molar-refractivity contribution in [3.8, 4) is 12.1 Å². The molecule has 6 nitrogen and oxygen atoms in total. The predicted octanol–water partition coefficient (Wildman–Crippen LogP) is 8.12. The Hall–Kier alpha value is -1.44. The molecule has 0 N–H and O–H groups in total. The number of rotatable bonds is 8. The number of ether oxygens (including phenoxy) is 4. The van der Waals surface area contributed by atoms with E-state index >= 15 is 0 Å². The summed E-state index contributed by atoms with van der Waals surface area (Å²) in [4.78, 5) is 0. The van der Waals surface area contributed by atoms with Crippen LogP contribution in [0.25, 0.3) is 0 Å². The molecule has 6 heteroatoms. The van der Waals surface area contributed by atoms with E-state index in [0.717, 1.165) is 25.7 Å². The van der Waals surface area contributed by atoms with Crippen molar-refractivity contribution in [3.05, 3.63) is 12.2 Å². The van der Waals surface area contributed by atoms with Gasteiger partial charge in [0.05, 0.1) is 73.8 Å². The molecule has 0 aliphatic heterocycles. The lowest BCUT2D eigenvalue weighted by Gasteiger charge is -2.45. The number of hydrogen-bond donors (Lipinski definition) is 0. The molecule has 4 unspecified atom stereocenters. The lowest BCUT2D eigenvalue weighted by molar-refractivity contribution is -0.170. The summed E-state index contributed by atoms with van der Waals surface area (Å²) in [5, 5.41) is 21.1. The third-order valence-corrected chi connectivity index (χ3v) is 13.3. The normalized spacial score (nSPS) is 45.4. The Morgan fingerprint density at radius 2 is 0.977 bits per heavy atom. The second kappa shape index (κ2) is 11.1. The van der Waals surface area contributed by atoms with Crippen molar-refractivity contribution in [1.82, 2.24) is 0 Å². The fourth-order valence-corrected chi connectivity index (χ4v) is 9.77. The van der Waals surface area contributed by atoms with Crippen LogP contribution in [0, 0.1) is 78.8 Å². The van der Waals surface area contributed by atoms with Gasteiger partial charge in [-0.25, -0.2) is 0 Å². The van der Waals surface area contributed by atoms with Crippen molar-refractivity contribution < 1.29 is 18.9 Å². The van der Waals surface area contributed by atoms with Crippen LogP contribution >= 0.6 is 0 Å². The van der Waals surface area contributed by atoms with E-state index < -0.39 is 24.0 Å². The number of fused-ring (bicyclic) bond motifs is 4. The molecule has 5 rings (SSSR count). The van der Waals surface area contributed by atoms with Gasteiger partial charge < -0.3 is 18.9 Å². The SMILES string of the molecule is CC(C)(C)COC1C(O[C@H]2C=C[C@@H](OC3C(OCC(C)(C)C)[C@@H]4CC[C@]3(C)C4(C)C)[C@@H](C#N)[C@@H]2C#N)[C@]2(C)CC[C@@H]1C2(C)C. The van der Waals surface area contributed by atoms with Crippen LogP contribution in [0.2, 0.25) is 0 Å². The maximum atomic E-state index is 10.5. The summed E-state index contributed by atoms with van der Waals surface area (Å²) in [6, 6.07) is 4.99. The highest BCUT2D eigenvalue weighted by Crippen LogP contribution is 2.68. The standard InChI is InChI=1S/C38H60N2O4/c1-33(2,3)21-41-29-25-15-17-37(11,35(25,7)8)31(29)43-27-13-14-28(24(20-40)23(27)19-39)44-32-30(42-22-34(4,5)6)26-16-18-38(32,12)36(26,9)10/h13-14,23-32H,15-18,21-22H2,1-12H3/t23-,24-,25-,26-,27-,28+,29?,30?,31?,32?,37-,38-/m0/s1. The number of nitriles is 2. The van der Waals surface area contributed by atoms with Gasteiger partial charge in [0.25, 0.3) is 0 Å². The Bertz CT molecular complexity index is 1110. The first kappa shape index (κ1) is 33.9. The van der Waals surface area contributed by atoms with Crippen LogP contribution in [0.4, 0.5) is 0 Å². The van der Waals surface area contributed by atoms with Gasteiger partial charge in [0.2, 0.25) is 0 Å². The van der Waals surface area contributed by atoms with Crippen molar-refractivity contribution >= 4 is 0 Å². The summed E-state index contributed by atoms with van der Waals surface area (Å²) >= 11 is 0. The van der Waals surface area contributed by atoms with E-state index in [9.17, 15) is 10.5 Å². The maximum absolute atomic E-state index is 10.5. The van der Waals surface area contributed by atoms with Crippen molar-refractivity contribution in [2.45, 2.75) is 145 Å². The van der Waals surface area contributed by atoms with Gasteiger partial charge in [-0.2, -0.15) is 10.5 Å². The summed E-state index contributed by atoms with van der Waals surface area (Å²) in [6.07, 6.45) is 7.16. The average molecular weight is 609 g/mol. The molecule has 0 heterocycles. The molecule has 246 valence electrons. The first-order chi connectivity index (χ1) is 20.2. The summed E-state index contributed by atoms with van der Waals surface area (Å²) < 4.78 is 27.3. The predicted molar refractivity (Wildman–Crippen MR) is 172 cm³/mol. The highest BCUT2D eigenvalue weighted by atomic mass is 16.6. The number of nitrogens with zero attached hydrogens (tertiary/aromatic N) is 2. The second-order valence-corrected chi connectivity index (χ2v) is 19.0. The molecule has 0 spiro atoms. The Morgan fingerprint density at radius 1 is 0.636 bits per heavy atom. The van der Waals surface area contributed by atoms with Gasteiger partial charge in [0, 0.05) is 10.8 Å². The van der Waals surface area contributed by atoms with Gasteiger partial charge in [0.15, 0.2) is 0 Å². The van der Waals surface area contributed by atoms with Gasteiger partial charge in [-0.05, 0) is 59.2 Å². The molecular formula is C38H60N2O4. The van der Waals surface area contributed by atoms with Gasteiger partial charge in [-0.1, -0.05) is 95.2 Å². The van der Waals surface area contributed by atoms with Crippen molar-refractivity contribution in [3.63, 3.8) is 0 Å². The second-order valence-electron chi connectivity index (χ2n) is 19.0. The number of hydrogen-bond acceptors (Lipinski definition) is 6. The molecule has 44 heavy (non-hydrogen) atoms. The van der Waals surface area contributed by atoms with Gasteiger partial charge in [0.1, 0.15) is 0 Å².